The van der Waals surface area contributed by atoms with Gasteiger partial charge in [0.05, 0.1) is 17.1 Å². The third-order valence-corrected chi connectivity index (χ3v) is 7.96. The van der Waals surface area contributed by atoms with Crippen molar-refractivity contribution >= 4 is 33.2 Å². The van der Waals surface area contributed by atoms with Crippen molar-refractivity contribution in [2.24, 2.45) is 0 Å². The summed E-state index contributed by atoms with van der Waals surface area (Å²) in [6.45, 7) is 4.34. The first-order valence-electron chi connectivity index (χ1n) is 11.3. The second-order valence-corrected chi connectivity index (χ2v) is 10.4. The van der Waals surface area contributed by atoms with Gasteiger partial charge in [0.15, 0.2) is 6.10 Å². The maximum Gasteiger partial charge on any atom is 0.264 e. The Balaban J connectivity index is 1.60. The Morgan fingerprint density at radius 3 is 2.50 bits per heavy atom. The zero-order chi connectivity index (χ0) is 24.3. The molecule has 0 saturated carbocycles. The van der Waals surface area contributed by atoms with Gasteiger partial charge in [-0.2, -0.15) is 0 Å². The fraction of sp³-hybridized carbons (Fsp3) is 0.269. The number of nitrogens with zero attached hydrogens (tertiary/aromatic N) is 1. The number of ether oxygens (including phenoxy) is 1. The van der Waals surface area contributed by atoms with E-state index in [0.29, 0.717) is 17.3 Å². The largest absolute Gasteiger partial charge is 0.476 e. The lowest BCUT2D eigenvalue weighted by Gasteiger charge is -2.35. The summed E-state index contributed by atoms with van der Waals surface area (Å²) in [6, 6.07) is 19.1. The Labute approximate surface area is 205 Å². The highest BCUT2D eigenvalue weighted by Crippen LogP contribution is 2.38. The van der Waals surface area contributed by atoms with E-state index < -0.39 is 16.1 Å². The maximum absolute atomic E-state index is 13.5. The molecule has 34 heavy (non-hydrogen) atoms. The zero-order valence-electron chi connectivity index (χ0n) is 19.1. The van der Waals surface area contributed by atoms with E-state index in [1.54, 1.807) is 30.3 Å². The van der Waals surface area contributed by atoms with Crippen molar-refractivity contribution in [3.8, 4) is 5.75 Å². The number of hydrogen-bond acceptors (Lipinski definition) is 4. The number of sulfonamides is 1. The molecule has 1 amide bonds. The molecule has 3 aromatic rings. The SMILES string of the molecule is CCc1ccc(CC)c(CNC(=O)[C@@H]2CN(S(=O)(=O)c3ccccc3)c3cc(Cl)ccc3O2)c1. The van der Waals surface area contributed by atoms with Gasteiger partial charge in [-0.15, -0.1) is 0 Å². The third-order valence-electron chi connectivity index (χ3n) is 5.93. The minimum absolute atomic E-state index is 0.131. The Morgan fingerprint density at radius 2 is 1.79 bits per heavy atom. The average molecular weight is 499 g/mol. The van der Waals surface area contributed by atoms with E-state index in [9.17, 15) is 13.2 Å². The number of hydrogen-bond donors (Lipinski definition) is 1. The van der Waals surface area contributed by atoms with Gasteiger partial charge in [0.1, 0.15) is 5.75 Å². The van der Waals surface area contributed by atoms with Crippen molar-refractivity contribution < 1.29 is 17.9 Å². The van der Waals surface area contributed by atoms with Gasteiger partial charge in [-0.25, -0.2) is 8.42 Å². The summed E-state index contributed by atoms with van der Waals surface area (Å²) in [6.07, 6.45) is 0.751. The number of carbonyl (C=O) groups excluding carboxylic acids is 1. The van der Waals surface area contributed by atoms with Crippen LogP contribution < -0.4 is 14.4 Å². The fourth-order valence-corrected chi connectivity index (χ4v) is 5.67. The molecule has 0 spiro atoms. The molecule has 0 fully saturated rings. The highest BCUT2D eigenvalue weighted by Gasteiger charge is 2.37. The summed E-state index contributed by atoms with van der Waals surface area (Å²) in [5.41, 5.74) is 3.72. The molecule has 178 valence electrons. The summed E-state index contributed by atoms with van der Waals surface area (Å²) >= 11 is 6.15. The smallest absolute Gasteiger partial charge is 0.264 e. The number of rotatable bonds is 7. The van der Waals surface area contributed by atoms with E-state index >= 15 is 0 Å². The number of nitrogens with one attached hydrogen (secondary N) is 1. The fourth-order valence-electron chi connectivity index (χ4n) is 4.01. The normalized spacial score (nSPS) is 15.4. The maximum atomic E-state index is 13.5. The van der Waals surface area contributed by atoms with Crippen molar-refractivity contribution in [1.29, 1.82) is 0 Å². The van der Waals surface area contributed by atoms with Gasteiger partial charge in [-0.3, -0.25) is 9.10 Å². The van der Waals surface area contributed by atoms with Crippen LogP contribution in [-0.2, 0) is 34.2 Å². The lowest BCUT2D eigenvalue weighted by molar-refractivity contribution is -0.127. The predicted octanol–water partition coefficient (Wildman–Crippen LogP) is 4.74. The number of aryl methyl sites for hydroxylation is 2. The van der Waals surface area contributed by atoms with Gasteiger partial charge in [-0.05, 0) is 59.9 Å². The van der Waals surface area contributed by atoms with E-state index in [1.165, 1.54) is 28.1 Å². The number of fused-ring (bicyclic) bond motifs is 1. The summed E-state index contributed by atoms with van der Waals surface area (Å²) in [5, 5.41) is 3.31. The Bertz CT molecular complexity index is 1300. The number of halogens is 1. The minimum atomic E-state index is -3.93. The number of amides is 1. The van der Waals surface area contributed by atoms with E-state index in [2.05, 4.69) is 37.4 Å². The van der Waals surface area contributed by atoms with Crippen molar-refractivity contribution in [2.45, 2.75) is 44.2 Å². The molecule has 0 saturated heterocycles. The molecule has 1 aliphatic heterocycles. The number of benzene rings is 3. The average Bonchev–Trinajstić information content (AvgIpc) is 2.86. The first kappa shape index (κ1) is 24.1. The molecule has 0 bridgehead atoms. The molecule has 0 aliphatic carbocycles. The monoisotopic (exact) mass is 498 g/mol. The lowest BCUT2D eigenvalue weighted by atomic mass is 10.0. The van der Waals surface area contributed by atoms with E-state index in [1.807, 2.05) is 0 Å². The molecular formula is C26H27ClN2O4S. The molecule has 0 aromatic heterocycles. The van der Waals surface area contributed by atoms with Crippen LogP contribution in [0.2, 0.25) is 5.02 Å². The second kappa shape index (κ2) is 10.1. The molecule has 1 heterocycles. The minimum Gasteiger partial charge on any atom is -0.476 e. The quantitative estimate of drug-likeness (QED) is 0.510. The highest BCUT2D eigenvalue weighted by molar-refractivity contribution is 7.92. The zero-order valence-corrected chi connectivity index (χ0v) is 20.7. The second-order valence-electron chi connectivity index (χ2n) is 8.10. The number of carbonyl (C=O) groups is 1. The van der Waals surface area contributed by atoms with Crippen LogP contribution in [0.4, 0.5) is 5.69 Å². The van der Waals surface area contributed by atoms with Gasteiger partial charge in [0.2, 0.25) is 0 Å². The first-order valence-corrected chi connectivity index (χ1v) is 13.1. The van der Waals surface area contributed by atoms with Gasteiger partial charge < -0.3 is 10.1 Å². The Kier molecular flexibility index (Phi) is 7.14. The van der Waals surface area contributed by atoms with Crippen LogP contribution in [0.5, 0.6) is 5.75 Å². The topological polar surface area (TPSA) is 75.7 Å². The Hall–Kier alpha value is -3.03. The molecular weight excluding hydrogens is 472 g/mol. The van der Waals surface area contributed by atoms with Gasteiger partial charge in [-0.1, -0.05) is 61.8 Å². The standard InChI is InChI=1S/C26H27ClN2O4S/c1-3-18-10-11-19(4-2)20(14-18)16-28-26(30)25-17-29(23-15-21(27)12-13-24(23)33-25)34(31,32)22-8-6-5-7-9-22/h5-15,25H,3-4,16-17H2,1-2H3,(H,28,30)/t25-/m0/s1. The van der Waals surface area contributed by atoms with E-state index in [-0.39, 0.29) is 23.1 Å². The van der Waals surface area contributed by atoms with Gasteiger partial charge in [0, 0.05) is 11.6 Å². The van der Waals surface area contributed by atoms with Crippen LogP contribution in [0.15, 0.2) is 71.6 Å². The molecule has 1 atom stereocenters. The van der Waals surface area contributed by atoms with Crippen LogP contribution >= 0.6 is 11.6 Å². The molecule has 4 rings (SSSR count). The molecule has 8 heteroatoms. The van der Waals surface area contributed by atoms with Gasteiger partial charge >= 0.3 is 0 Å². The van der Waals surface area contributed by atoms with Crippen LogP contribution in [-0.4, -0.2) is 27.0 Å². The third kappa shape index (κ3) is 4.91. The Morgan fingerprint density at radius 1 is 1.03 bits per heavy atom. The van der Waals surface area contributed by atoms with Crippen LogP contribution in [0.25, 0.3) is 0 Å². The van der Waals surface area contributed by atoms with Crippen molar-refractivity contribution in [2.75, 3.05) is 10.8 Å². The van der Waals surface area contributed by atoms with E-state index in [4.69, 9.17) is 16.3 Å². The van der Waals surface area contributed by atoms with E-state index in [0.717, 1.165) is 24.0 Å². The number of anilines is 1. The summed E-state index contributed by atoms with van der Waals surface area (Å²) in [7, 11) is -3.93. The lowest BCUT2D eigenvalue weighted by Crippen LogP contribution is -2.50. The molecule has 1 aliphatic rings. The van der Waals surface area contributed by atoms with Crippen molar-refractivity contribution in [3.63, 3.8) is 0 Å². The molecule has 1 N–H and O–H groups in total. The molecule has 3 aromatic carbocycles. The molecule has 0 radical (unpaired) electrons. The molecule has 6 nitrogen and oxygen atoms in total. The van der Waals surface area contributed by atoms with Crippen molar-refractivity contribution in [1.82, 2.24) is 5.32 Å². The van der Waals surface area contributed by atoms with Crippen LogP contribution in [0, 0.1) is 0 Å². The summed E-state index contributed by atoms with van der Waals surface area (Å²) in [4.78, 5) is 13.3. The van der Waals surface area contributed by atoms with Crippen LogP contribution in [0.3, 0.4) is 0 Å². The van der Waals surface area contributed by atoms with Crippen molar-refractivity contribution in [3.05, 3.63) is 88.4 Å². The summed E-state index contributed by atoms with van der Waals surface area (Å²) < 4.78 is 34.0. The highest BCUT2D eigenvalue weighted by atomic mass is 35.5. The first-order chi connectivity index (χ1) is 16.3. The van der Waals surface area contributed by atoms with Gasteiger partial charge in [0.25, 0.3) is 15.9 Å². The summed E-state index contributed by atoms with van der Waals surface area (Å²) in [5.74, 6) is -0.0876. The van der Waals surface area contributed by atoms with Crippen LogP contribution in [0.1, 0.15) is 30.5 Å². The predicted molar refractivity (Wildman–Crippen MR) is 134 cm³/mol. The molecule has 0 unspecified atom stereocenters.